The molecule has 1 atom stereocenters. The third kappa shape index (κ3) is 8.43. The van der Waals surface area contributed by atoms with Crippen LogP contribution < -0.4 is 16.0 Å². The molecule has 2 aromatic rings. The van der Waals surface area contributed by atoms with E-state index in [0.29, 0.717) is 24.3 Å². The number of nitrogens with zero attached hydrogens (tertiary/aromatic N) is 1. The molecule has 0 saturated heterocycles. The summed E-state index contributed by atoms with van der Waals surface area (Å²) in [6.45, 7) is 3.98. The third-order valence-electron chi connectivity index (χ3n) is 3.88. The van der Waals surface area contributed by atoms with Crippen LogP contribution >= 0.6 is 11.8 Å². The number of carbonyl (C=O) groups excluding carboxylic acids is 1. The fourth-order valence-electron chi connectivity index (χ4n) is 2.47. The Morgan fingerprint density at radius 2 is 1.71 bits per heavy atom. The van der Waals surface area contributed by atoms with E-state index in [-0.39, 0.29) is 18.1 Å². The summed E-state index contributed by atoms with van der Waals surface area (Å²) in [4.78, 5) is 17.4. The second-order valence-corrected chi connectivity index (χ2v) is 7.79. The standard InChI is InChI=1S/C21H27FN4OS/c1-16(28-19-6-4-3-5-7-19)15-26-21(23-2)25-13-12-24-20(27)14-17-8-10-18(22)11-9-17/h3-11,16H,12-15H2,1-2H3,(H,24,27)(H2,23,25,26). The first-order valence-electron chi connectivity index (χ1n) is 9.24. The van der Waals surface area contributed by atoms with Crippen molar-refractivity contribution in [3.63, 3.8) is 0 Å². The summed E-state index contributed by atoms with van der Waals surface area (Å²) >= 11 is 1.80. The van der Waals surface area contributed by atoms with Gasteiger partial charge in [0.25, 0.3) is 0 Å². The number of hydrogen-bond donors (Lipinski definition) is 3. The van der Waals surface area contributed by atoms with E-state index in [1.165, 1.54) is 17.0 Å². The molecule has 2 aromatic carbocycles. The van der Waals surface area contributed by atoms with E-state index < -0.39 is 0 Å². The number of hydrogen-bond acceptors (Lipinski definition) is 3. The van der Waals surface area contributed by atoms with Gasteiger partial charge >= 0.3 is 0 Å². The quantitative estimate of drug-likeness (QED) is 0.261. The molecule has 0 aliphatic carbocycles. The highest BCUT2D eigenvalue weighted by Crippen LogP contribution is 2.21. The van der Waals surface area contributed by atoms with Crippen LogP contribution in [-0.4, -0.2) is 43.8 Å². The van der Waals surface area contributed by atoms with Gasteiger partial charge in [-0.3, -0.25) is 9.79 Å². The molecule has 2 rings (SSSR count). The van der Waals surface area contributed by atoms with Gasteiger partial charge in [0.15, 0.2) is 5.96 Å². The molecule has 0 fully saturated rings. The number of amides is 1. The number of nitrogens with one attached hydrogen (secondary N) is 3. The maximum atomic E-state index is 12.9. The van der Waals surface area contributed by atoms with Crippen LogP contribution in [0.4, 0.5) is 4.39 Å². The minimum Gasteiger partial charge on any atom is -0.355 e. The van der Waals surface area contributed by atoms with Gasteiger partial charge in [0.05, 0.1) is 6.42 Å². The maximum absolute atomic E-state index is 12.9. The minimum atomic E-state index is -0.302. The van der Waals surface area contributed by atoms with E-state index in [1.54, 1.807) is 30.9 Å². The number of thioether (sulfide) groups is 1. The summed E-state index contributed by atoms with van der Waals surface area (Å²) in [7, 11) is 1.72. The number of rotatable bonds is 9. The average molecular weight is 403 g/mol. The first kappa shape index (κ1) is 21.8. The van der Waals surface area contributed by atoms with Crippen LogP contribution in [0.2, 0.25) is 0 Å². The molecule has 1 amide bonds. The molecule has 0 saturated carbocycles. The molecule has 3 N–H and O–H groups in total. The number of aliphatic imine (C=N–C) groups is 1. The lowest BCUT2D eigenvalue weighted by Crippen LogP contribution is -2.43. The Bertz CT molecular complexity index is 753. The van der Waals surface area contributed by atoms with Crippen molar-refractivity contribution >= 4 is 23.6 Å². The van der Waals surface area contributed by atoms with Crippen LogP contribution in [0, 0.1) is 5.82 Å². The number of benzene rings is 2. The normalized spacial score (nSPS) is 12.3. The van der Waals surface area contributed by atoms with Crippen LogP contribution in [0.1, 0.15) is 12.5 Å². The second kappa shape index (κ2) is 12.0. The number of carbonyl (C=O) groups is 1. The zero-order chi connectivity index (χ0) is 20.2. The average Bonchev–Trinajstić information content (AvgIpc) is 2.70. The van der Waals surface area contributed by atoms with Gasteiger partial charge in [-0.25, -0.2) is 4.39 Å². The van der Waals surface area contributed by atoms with Crippen LogP contribution in [0.3, 0.4) is 0 Å². The summed E-state index contributed by atoms with van der Waals surface area (Å²) < 4.78 is 12.9. The molecule has 5 nitrogen and oxygen atoms in total. The minimum absolute atomic E-state index is 0.0933. The highest BCUT2D eigenvalue weighted by atomic mass is 32.2. The van der Waals surface area contributed by atoms with Crippen molar-refractivity contribution in [2.75, 3.05) is 26.7 Å². The molecule has 150 valence electrons. The second-order valence-electron chi connectivity index (χ2n) is 6.27. The lowest BCUT2D eigenvalue weighted by atomic mass is 10.1. The van der Waals surface area contributed by atoms with Crippen molar-refractivity contribution in [2.45, 2.75) is 23.5 Å². The Balaban J connectivity index is 1.61. The molecule has 0 spiro atoms. The van der Waals surface area contributed by atoms with Crippen molar-refractivity contribution in [2.24, 2.45) is 4.99 Å². The Kier molecular flexibility index (Phi) is 9.34. The van der Waals surface area contributed by atoms with Crippen LogP contribution in [0.5, 0.6) is 0 Å². The fourth-order valence-corrected chi connectivity index (χ4v) is 3.41. The van der Waals surface area contributed by atoms with Gasteiger partial charge in [0.1, 0.15) is 5.82 Å². The molecular formula is C21H27FN4OS. The van der Waals surface area contributed by atoms with Crippen molar-refractivity contribution in [3.8, 4) is 0 Å². The van der Waals surface area contributed by atoms with Crippen molar-refractivity contribution < 1.29 is 9.18 Å². The predicted octanol–water partition coefficient (Wildman–Crippen LogP) is 2.83. The Morgan fingerprint density at radius 3 is 2.39 bits per heavy atom. The summed E-state index contributed by atoms with van der Waals surface area (Å²) in [6.07, 6.45) is 0.238. The molecule has 7 heteroatoms. The molecule has 28 heavy (non-hydrogen) atoms. The molecule has 0 aliphatic rings. The largest absolute Gasteiger partial charge is 0.355 e. The predicted molar refractivity (Wildman–Crippen MR) is 114 cm³/mol. The molecule has 0 aromatic heterocycles. The Hall–Kier alpha value is -2.54. The molecule has 0 aliphatic heterocycles. The van der Waals surface area contributed by atoms with Gasteiger partial charge in [-0.15, -0.1) is 11.8 Å². The van der Waals surface area contributed by atoms with E-state index in [4.69, 9.17) is 0 Å². The monoisotopic (exact) mass is 402 g/mol. The lowest BCUT2D eigenvalue weighted by molar-refractivity contribution is -0.120. The summed E-state index contributed by atoms with van der Waals surface area (Å²) in [6, 6.07) is 16.2. The summed E-state index contributed by atoms with van der Waals surface area (Å²) in [5.74, 6) is 0.307. The van der Waals surface area contributed by atoms with Gasteiger partial charge in [-0.05, 0) is 29.8 Å². The first-order chi connectivity index (χ1) is 13.6. The van der Waals surface area contributed by atoms with E-state index in [2.05, 4.69) is 40.0 Å². The van der Waals surface area contributed by atoms with Gasteiger partial charge in [0, 0.05) is 36.8 Å². The Labute approximate surface area is 170 Å². The zero-order valence-electron chi connectivity index (χ0n) is 16.2. The molecule has 0 bridgehead atoms. The smallest absolute Gasteiger partial charge is 0.224 e. The summed E-state index contributed by atoms with van der Waals surface area (Å²) in [5, 5.41) is 9.70. The van der Waals surface area contributed by atoms with E-state index in [9.17, 15) is 9.18 Å². The van der Waals surface area contributed by atoms with Crippen LogP contribution in [-0.2, 0) is 11.2 Å². The molecule has 0 heterocycles. The van der Waals surface area contributed by atoms with E-state index in [0.717, 1.165) is 12.1 Å². The van der Waals surface area contributed by atoms with Crippen LogP contribution in [0.15, 0.2) is 64.5 Å². The summed E-state index contributed by atoms with van der Waals surface area (Å²) in [5.41, 5.74) is 0.786. The van der Waals surface area contributed by atoms with Gasteiger partial charge < -0.3 is 16.0 Å². The highest BCUT2D eigenvalue weighted by Gasteiger charge is 2.06. The third-order valence-corrected chi connectivity index (χ3v) is 4.99. The zero-order valence-corrected chi connectivity index (χ0v) is 17.1. The lowest BCUT2D eigenvalue weighted by Gasteiger charge is -2.16. The van der Waals surface area contributed by atoms with Gasteiger partial charge in [-0.2, -0.15) is 0 Å². The van der Waals surface area contributed by atoms with Crippen molar-refractivity contribution in [1.82, 2.24) is 16.0 Å². The fraction of sp³-hybridized carbons (Fsp3) is 0.333. The van der Waals surface area contributed by atoms with Gasteiger partial charge in [0.2, 0.25) is 5.91 Å². The highest BCUT2D eigenvalue weighted by molar-refractivity contribution is 8.00. The van der Waals surface area contributed by atoms with Crippen molar-refractivity contribution in [1.29, 1.82) is 0 Å². The van der Waals surface area contributed by atoms with Crippen LogP contribution in [0.25, 0.3) is 0 Å². The van der Waals surface area contributed by atoms with E-state index >= 15 is 0 Å². The molecule has 0 radical (unpaired) electrons. The number of guanidine groups is 1. The SMILES string of the molecule is CN=C(NCCNC(=O)Cc1ccc(F)cc1)NCC(C)Sc1ccccc1. The first-order valence-corrected chi connectivity index (χ1v) is 10.1. The molecular weight excluding hydrogens is 375 g/mol. The van der Waals surface area contributed by atoms with Gasteiger partial charge in [-0.1, -0.05) is 37.3 Å². The Morgan fingerprint density at radius 1 is 1.04 bits per heavy atom. The van der Waals surface area contributed by atoms with E-state index in [1.807, 2.05) is 18.2 Å². The van der Waals surface area contributed by atoms with Crippen molar-refractivity contribution in [3.05, 3.63) is 66.0 Å². The number of halogens is 1. The molecule has 1 unspecified atom stereocenters. The maximum Gasteiger partial charge on any atom is 0.224 e. The topological polar surface area (TPSA) is 65.5 Å².